The molecule has 2 N–H and O–H groups in total. The quantitative estimate of drug-likeness (QED) is 0.838. The number of carbonyl (C=O) groups excluding carboxylic acids is 1. The number of para-hydroxylation sites is 2. The molecule has 1 unspecified atom stereocenters. The van der Waals surface area contributed by atoms with Crippen LogP contribution in [0.15, 0.2) is 24.3 Å². The number of hydrogen-bond acceptors (Lipinski definition) is 4. The fraction of sp³-hybridized carbons (Fsp3) is 0.562. The maximum atomic E-state index is 12.2. The summed E-state index contributed by atoms with van der Waals surface area (Å²) in [6.45, 7) is 4.74. The summed E-state index contributed by atoms with van der Waals surface area (Å²) in [6.07, 6.45) is 2.08. The van der Waals surface area contributed by atoms with Crippen molar-refractivity contribution in [2.75, 3.05) is 38.2 Å². The van der Waals surface area contributed by atoms with Gasteiger partial charge in [-0.25, -0.2) is 0 Å². The number of amides is 1. The Hall–Kier alpha value is -1.59. The van der Waals surface area contributed by atoms with Gasteiger partial charge in [0, 0.05) is 13.2 Å². The van der Waals surface area contributed by atoms with Crippen LogP contribution in [0.1, 0.15) is 19.8 Å². The zero-order chi connectivity index (χ0) is 15.1. The van der Waals surface area contributed by atoms with E-state index in [2.05, 4.69) is 10.2 Å². The number of rotatable bonds is 6. The monoisotopic (exact) mass is 292 g/mol. The Balaban J connectivity index is 1.89. The zero-order valence-electron chi connectivity index (χ0n) is 12.5. The molecule has 1 atom stereocenters. The number of piperidine rings is 1. The van der Waals surface area contributed by atoms with Crippen molar-refractivity contribution < 1.29 is 14.6 Å². The van der Waals surface area contributed by atoms with Gasteiger partial charge in [-0.2, -0.15) is 0 Å². The summed E-state index contributed by atoms with van der Waals surface area (Å²) in [6, 6.07) is 7.45. The second-order valence-corrected chi connectivity index (χ2v) is 5.40. The van der Waals surface area contributed by atoms with Gasteiger partial charge in [0.1, 0.15) is 5.75 Å². The Morgan fingerprint density at radius 2 is 2.29 bits per heavy atom. The second kappa shape index (κ2) is 8.00. The summed E-state index contributed by atoms with van der Waals surface area (Å²) in [5, 5.41) is 12.1. The maximum absolute atomic E-state index is 12.2. The topological polar surface area (TPSA) is 61.8 Å². The van der Waals surface area contributed by atoms with E-state index in [9.17, 15) is 9.90 Å². The second-order valence-electron chi connectivity index (χ2n) is 5.40. The Morgan fingerprint density at radius 1 is 1.48 bits per heavy atom. The first-order valence-electron chi connectivity index (χ1n) is 7.57. The van der Waals surface area contributed by atoms with Crippen molar-refractivity contribution in [2.45, 2.75) is 19.8 Å². The highest BCUT2D eigenvalue weighted by Crippen LogP contribution is 2.23. The number of aliphatic hydroxyl groups is 1. The molecule has 1 fully saturated rings. The van der Waals surface area contributed by atoms with E-state index in [-0.39, 0.29) is 12.5 Å². The third kappa shape index (κ3) is 4.72. The molecule has 0 radical (unpaired) electrons. The summed E-state index contributed by atoms with van der Waals surface area (Å²) in [4.78, 5) is 14.3. The van der Waals surface area contributed by atoms with Gasteiger partial charge in [0.25, 0.3) is 0 Å². The van der Waals surface area contributed by atoms with Gasteiger partial charge in [-0.05, 0) is 44.4 Å². The van der Waals surface area contributed by atoms with Gasteiger partial charge >= 0.3 is 0 Å². The van der Waals surface area contributed by atoms with Crippen molar-refractivity contribution in [1.29, 1.82) is 0 Å². The molecule has 0 bridgehead atoms. The minimum Gasteiger partial charge on any atom is -0.492 e. The van der Waals surface area contributed by atoms with Gasteiger partial charge < -0.3 is 15.2 Å². The Morgan fingerprint density at radius 3 is 3.05 bits per heavy atom. The highest BCUT2D eigenvalue weighted by Gasteiger charge is 2.21. The number of aliphatic hydroxyl groups excluding tert-OH is 1. The number of anilines is 1. The zero-order valence-corrected chi connectivity index (χ0v) is 12.5. The van der Waals surface area contributed by atoms with E-state index < -0.39 is 0 Å². The van der Waals surface area contributed by atoms with E-state index in [4.69, 9.17) is 4.74 Å². The van der Waals surface area contributed by atoms with E-state index in [0.717, 1.165) is 25.9 Å². The number of nitrogens with one attached hydrogen (secondary N) is 1. The van der Waals surface area contributed by atoms with Crippen LogP contribution < -0.4 is 10.1 Å². The van der Waals surface area contributed by atoms with Crippen LogP contribution in [-0.4, -0.2) is 48.8 Å². The van der Waals surface area contributed by atoms with Crippen molar-refractivity contribution in [3.05, 3.63) is 24.3 Å². The fourth-order valence-electron chi connectivity index (χ4n) is 2.69. The number of ether oxygens (including phenoxy) is 1. The first-order chi connectivity index (χ1) is 10.2. The molecular formula is C16H24N2O3. The molecule has 2 rings (SSSR count). The lowest BCUT2D eigenvalue weighted by molar-refractivity contribution is -0.117. The van der Waals surface area contributed by atoms with Crippen molar-refractivity contribution in [3.63, 3.8) is 0 Å². The first-order valence-corrected chi connectivity index (χ1v) is 7.57. The molecular weight excluding hydrogens is 268 g/mol. The minimum atomic E-state index is -0.0410. The highest BCUT2D eigenvalue weighted by atomic mass is 16.5. The summed E-state index contributed by atoms with van der Waals surface area (Å²) < 4.78 is 5.50. The van der Waals surface area contributed by atoms with Crippen LogP contribution in [0, 0.1) is 5.92 Å². The highest BCUT2D eigenvalue weighted by molar-refractivity contribution is 5.93. The lowest BCUT2D eigenvalue weighted by atomic mass is 9.99. The van der Waals surface area contributed by atoms with Crippen LogP contribution in [0.3, 0.4) is 0 Å². The molecule has 21 heavy (non-hydrogen) atoms. The summed E-state index contributed by atoms with van der Waals surface area (Å²) >= 11 is 0. The minimum absolute atomic E-state index is 0.0410. The van der Waals surface area contributed by atoms with E-state index in [0.29, 0.717) is 30.5 Å². The number of carbonyl (C=O) groups is 1. The smallest absolute Gasteiger partial charge is 0.238 e. The Bertz CT molecular complexity index is 465. The lowest BCUT2D eigenvalue weighted by Crippen LogP contribution is -2.41. The molecule has 116 valence electrons. The van der Waals surface area contributed by atoms with Gasteiger partial charge in [-0.15, -0.1) is 0 Å². The largest absolute Gasteiger partial charge is 0.492 e. The summed E-state index contributed by atoms with van der Waals surface area (Å²) in [5.74, 6) is 0.947. The van der Waals surface area contributed by atoms with Gasteiger partial charge in [0.05, 0.1) is 18.8 Å². The first kappa shape index (κ1) is 15.8. The molecule has 5 heteroatoms. The maximum Gasteiger partial charge on any atom is 0.238 e. The van der Waals surface area contributed by atoms with Crippen molar-refractivity contribution in [1.82, 2.24) is 4.90 Å². The number of benzene rings is 1. The van der Waals surface area contributed by atoms with Gasteiger partial charge in [0.2, 0.25) is 5.91 Å². The summed E-state index contributed by atoms with van der Waals surface area (Å²) in [7, 11) is 0. The SMILES string of the molecule is CCOc1ccccc1NC(=O)CN1CCCC(CO)C1. The number of hydrogen-bond donors (Lipinski definition) is 2. The molecule has 1 saturated heterocycles. The molecule has 1 heterocycles. The van der Waals surface area contributed by atoms with Crippen molar-refractivity contribution >= 4 is 11.6 Å². The molecule has 1 aromatic rings. The molecule has 1 aliphatic rings. The van der Waals surface area contributed by atoms with Crippen LogP contribution in [-0.2, 0) is 4.79 Å². The molecule has 0 aromatic heterocycles. The predicted molar refractivity (Wildman–Crippen MR) is 82.5 cm³/mol. The van der Waals surface area contributed by atoms with Gasteiger partial charge in [-0.3, -0.25) is 9.69 Å². The third-order valence-corrected chi connectivity index (χ3v) is 3.69. The van der Waals surface area contributed by atoms with Crippen LogP contribution >= 0.6 is 0 Å². The number of nitrogens with zero attached hydrogens (tertiary/aromatic N) is 1. The standard InChI is InChI=1S/C16H24N2O3/c1-2-21-15-8-4-3-7-14(15)17-16(20)11-18-9-5-6-13(10-18)12-19/h3-4,7-8,13,19H,2,5-6,9-12H2,1H3,(H,17,20). The average Bonchev–Trinajstić information content (AvgIpc) is 2.49. The molecule has 5 nitrogen and oxygen atoms in total. The van der Waals surface area contributed by atoms with E-state index in [1.165, 1.54) is 0 Å². The Labute approximate surface area is 125 Å². The van der Waals surface area contributed by atoms with Gasteiger partial charge in [-0.1, -0.05) is 12.1 Å². The normalized spacial score (nSPS) is 19.2. The van der Waals surface area contributed by atoms with Gasteiger partial charge in [0.15, 0.2) is 0 Å². The van der Waals surface area contributed by atoms with Crippen LogP contribution in [0.25, 0.3) is 0 Å². The average molecular weight is 292 g/mol. The van der Waals surface area contributed by atoms with E-state index in [1.807, 2.05) is 31.2 Å². The molecule has 1 aliphatic heterocycles. The molecule has 0 saturated carbocycles. The van der Waals surface area contributed by atoms with Crippen LogP contribution in [0.4, 0.5) is 5.69 Å². The molecule has 1 aromatic carbocycles. The lowest BCUT2D eigenvalue weighted by Gasteiger charge is -2.31. The van der Waals surface area contributed by atoms with Crippen molar-refractivity contribution in [3.8, 4) is 5.75 Å². The predicted octanol–water partition coefficient (Wildman–Crippen LogP) is 1.73. The molecule has 1 amide bonds. The van der Waals surface area contributed by atoms with E-state index in [1.54, 1.807) is 0 Å². The summed E-state index contributed by atoms with van der Waals surface area (Å²) in [5.41, 5.74) is 0.708. The number of likely N-dealkylation sites (tertiary alicyclic amines) is 1. The van der Waals surface area contributed by atoms with Crippen LogP contribution in [0.5, 0.6) is 5.75 Å². The fourth-order valence-corrected chi connectivity index (χ4v) is 2.69. The molecule has 0 aliphatic carbocycles. The van der Waals surface area contributed by atoms with Crippen molar-refractivity contribution in [2.24, 2.45) is 5.92 Å². The Kier molecular flexibility index (Phi) is 6.02. The third-order valence-electron chi connectivity index (χ3n) is 3.69. The molecule has 0 spiro atoms. The van der Waals surface area contributed by atoms with Crippen LogP contribution in [0.2, 0.25) is 0 Å². The van der Waals surface area contributed by atoms with E-state index >= 15 is 0 Å².